The Morgan fingerprint density at radius 3 is 2.72 bits per heavy atom. The highest BCUT2D eigenvalue weighted by atomic mass is 35.5. The van der Waals surface area contributed by atoms with Gasteiger partial charge in [0.05, 0.1) is 12.3 Å². The summed E-state index contributed by atoms with van der Waals surface area (Å²) in [5.41, 5.74) is 0.683. The minimum absolute atomic E-state index is 0.117. The minimum atomic E-state index is -0.541. The van der Waals surface area contributed by atoms with Gasteiger partial charge in [-0.05, 0) is 31.2 Å². The zero-order valence-corrected chi connectivity index (χ0v) is 10.3. The summed E-state index contributed by atoms with van der Waals surface area (Å²) in [6.07, 6.45) is 0. The fourth-order valence-corrected chi connectivity index (χ4v) is 1.67. The van der Waals surface area contributed by atoms with Gasteiger partial charge in [-0.25, -0.2) is 13.9 Å². The Kier molecular flexibility index (Phi) is 3.62. The third-order valence-corrected chi connectivity index (χ3v) is 2.49. The Balaban J connectivity index is 2.34. The van der Waals surface area contributed by atoms with Crippen molar-refractivity contribution in [1.82, 2.24) is 9.78 Å². The van der Waals surface area contributed by atoms with Gasteiger partial charge in [-0.3, -0.25) is 0 Å². The van der Waals surface area contributed by atoms with Crippen molar-refractivity contribution in [1.29, 1.82) is 0 Å². The molecule has 0 spiro atoms. The third-order valence-electron chi connectivity index (χ3n) is 2.22. The van der Waals surface area contributed by atoms with Crippen LogP contribution < -0.4 is 0 Å². The molecule has 0 atom stereocenters. The number of rotatable bonds is 3. The number of hydrogen-bond donors (Lipinski definition) is 0. The molecule has 0 saturated carbocycles. The lowest BCUT2D eigenvalue weighted by atomic mass is 10.3. The van der Waals surface area contributed by atoms with Crippen molar-refractivity contribution in [3.05, 3.63) is 47.0 Å². The second-order valence-corrected chi connectivity index (χ2v) is 3.85. The van der Waals surface area contributed by atoms with Crippen LogP contribution in [0.15, 0.2) is 30.3 Å². The van der Waals surface area contributed by atoms with E-state index < -0.39 is 5.97 Å². The molecule has 6 heteroatoms. The number of aromatic nitrogens is 2. The molecule has 1 aromatic carbocycles. The quantitative estimate of drug-likeness (QED) is 0.804. The van der Waals surface area contributed by atoms with E-state index >= 15 is 0 Å². The lowest BCUT2D eigenvalue weighted by Gasteiger charge is -2.02. The predicted octanol–water partition coefficient (Wildman–Crippen LogP) is 2.84. The van der Waals surface area contributed by atoms with Crippen molar-refractivity contribution in [2.75, 3.05) is 6.61 Å². The maximum absolute atomic E-state index is 12.8. The average Bonchev–Trinajstić information content (AvgIpc) is 2.73. The molecule has 0 aliphatic rings. The number of hydrogen-bond acceptors (Lipinski definition) is 3. The molecule has 0 radical (unpaired) electrons. The van der Waals surface area contributed by atoms with Crippen LogP contribution in [0.5, 0.6) is 0 Å². The normalized spacial score (nSPS) is 10.4. The van der Waals surface area contributed by atoms with E-state index in [9.17, 15) is 9.18 Å². The summed E-state index contributed by atoms with van der Waals surface area (Å²) in [5.74, 6) is -0.895. The molecule has 0 amide bonds. The topological polar surface area (TPSA) is 44.1 Å². The van der Waals surface area contributed by atoms with Crippen LogP contribution in [0.3, 0.4) is 0 Å². The molecule has 0 aliphatic carbocycles. The van der Waals surface area contributed by atoms with Crippen LogP contribution in [-0.4, -0.2) is 22.4 Å². The highest BCUT2D eigenvalue weighted by Crippen LogP contribution is 2.18. The van der Waals surface area contributed by atoms with Crippen LogP contribution in [-0.2, 0) is 4.74 Å². The number of benzene rings is 1. The van der Waals surface area contributed by atoms with Gasteiger partial charge in [0.1, 0.15) is 11.0 Å². The predicted molar refractivity (Wildman–Crippen MR) is 64.5 cm³/mol. The fourth-order valence-electron chi connectivity index (χ4n) is 1.43. The van der Waals surface area contributed by atoms with Crippen LogP contribution in [0, 0.1) is 5.82 Å². The van der Waals surface area contributed by atoms with Crippen LogP contribution in [0.1, 0.15) is 17.4 Å². The smallest absolute Gasteiger partial charge is 0.358 e. The molecular formula is C12H10ClFN2O2. The summed E-state index contributed by atoms with van der Waals surface area (Å²) in [5, 5.41) is 4.27. The number of ether oxygens (including phenoxy) is 1. The van der Waals surface area contributed by atoms with Gasteiger partial charge in [0.25, 0.3) is 0 Å². The van der Waals surface area contributed by atoms with Crippen molar-refractivity contribution in [2.24, 2.45) is 0 Å². The van der Waals surface area contributed by atoms with Crippen LogP contribution >= 0.6 is 11.6 Å². The van der Waals surface area contributed by atoms with E-state index in [1.165, 1.54) is 35.0 Å². The highest BCUT2D eigenvalue weighted by molar-refractivity contribution is 6.30. The highest BCUT2D eigenvalue weighted by Gasteiger charge is 2.15. The van der Waals surface area contributed by atoms with Gasteiger partial charge in [0.15, 0.2) is 5.69 Å². The molecule has 94 valence electrons. The summed E-state index contributed by atoms with van der Waals surface area (Å²) in [4.78, 5) is 11.5. The molecule has 0 N–H and O–H groups in total. The molecular weight excluding hydrogens is 259 g/mol. The van der Waals surface area contributed by atoms with Crippen LogP contribution in [0.4, 0.5) is 4.39 Å². The van der Waals surface area contributed by atoms with Gasteiger partial charge >= 0.3 is 5.97 Å². The van der Waals surface area contributed by atoms with Crippen LogP contribution in [0.25, 0.3) is 5.69 Å². The van der Waals surface area contributed by atoms with E-state index in [2.05, 4.69) is 5.10 Å². The summed E-state index contributed by atoms with van der Waals surface area (Å²) in [7, 11) is 0. The number of halogens is 2. The van der Waals surface area contributed by atoms with E-state index in [0.717, 1.165) is 0 Å². The molecule has 0 fully saturated rings. The zero-order chi connectivity index (χ0) is 13.1. The van der Waals surface area contributed by atoms with Crippen molar-refractivity contribution < 1.29 is 13.9 Å². The second-order valence-electron chi connectivity index (χ2n) is 3.46. The van der Waals surface area contributed by atoms with Gasteiger partial charge in [-0.1, -0.05) is 11.6 Å². The maximum Gasteiger partial charge on any atom is 0.358 e. The summed E-state index contributed by atoms with van der Waals surface area (Å²) >= 11 is 5.96. The maximum atomic E-state index is 12.8. The largest absolute Gasteiger partial charge is 0.461 e. The van der Waals surface area contributed by atoms with Crippen molar-refractivity contribution >= 4 is 17.6 Å². The lowest BCUT2D eigenvalue weighted by molar-refractivity contribution is 0.0519. The molecule has 0 aliphatic heterocycles. The summed E-state index contributed by atoms with van der Waals surface area (Å²) in [6.45, 7) is 1.97. The first-order chi connectivity index (χ1) is 8.61. The molecule has 1 heterocycles. The van der Waals surface area contributed by atoms with Gasteiger partial charge in [0.2, 0.25) is 0 Å². The molecule has 1 aromatic heterocycles. The lowest BCUT2D eigenvalue weighted by Crippen LogP contribution is -2.06. The summed E-state index contributed by atoms with van der Waals surface area (Å²) in [6, 6.07) is 7.02. The molecule has 2 rings (SSSR count). The van der Waals surface area contributed by atoms with E-state index in [0.29, 0.717) is 5.69 Å². The van der Waals surface area contributed by atoms with Gasteiger partial charge < -0.3 is 4.74 Å². The van der Waals surface area contributed by atoms with Crippen LogP contribution in [0.2, 0.25) is 5.15 Å². The Morgan fingerprint density at radius 1 is 1.44 bits per heavy atom. The van der Waals surface area contributed by atoms with Crippen molar-refractivity contribution in [3.8, 4) is 5.69 Å². The third kappa shape index (κ3) is 2.51. The van der Waals surface area contributed by atoms with Gasteiger partial charge in [-0.15, -0.1) is 0 Å². The van der Waals surface area contributed by atoms with Crippen molar-refractivity contribution in [2.45, 2.75) is 6.92 Å². The number of carbonyl (C=O) groups excluding carboxylic acids is 1. The number of nitrogens with zero attached hydrogens (tertiary/aromatic N) is 2. The van der Waals surface area contributed by atoms with Gasteiger partial charge in [0, 0.05) is 6.07 Å². The van der Waals surface area contributed by atoms with E-state index in [-0.39, 0.29) is 23.3 Å². The summed E-state index contributed by atoms with van der Waals surface area (Å²) < 4.78 is 19.0. The SMILES string of the molecule is CCOC(=O)c1cc(Cl)n(-c2ccc(F)cc2)n1. The van der Waals surface area contributed by atoms with Gasteiger partial charge in [-0.2, -0.15) is 5.10 Å². The number of carbonyl (C=O) groups is 1. The first-order valence-electron chi connectivity index (χ1n) is 5.30. The Labute approximate surface area is 108 Å². The first kappa shape index (κ1) is 12.6. The zero-order valence-electron chi connectivity index (χ0n) is 9.56. The molecule has 0 bridgehead atoms. The monoisotopic (exact) mass is 268 g/mol. The molecule has 2 aromatic rings. The van der Waals surface area contributed by atoms with E-state index in [1.807, 2.05) is 0 Å². The Hall–Kier alpha value is -1.88. The Bertz CT molecular complexity index is 566. The fraction of sp³-hybridized carbons (Fsp3) is 0.167. The van der Waals surface area contributed by atoms with E-state index in [1.54, 1.807) is 6.92 Å². The Morgan fingerprint density at radius 2 is 2.11 bits per heavy atom. The molecule has 4 nitrogen and oxygen atoms in total. The van der Waals surface area contributed by atoms with E-state index in [4.69, 9.17) is 16.3 Å². The standard InChI is InChI=1S/C12H10ClFN2O2/c1-2-18-12(17)10-7-11(13)16(15-10)9-5-3-8(14)4-6-9/h3-7H,2H2,1H3. The average molecular weight is 269 g/mol. The molecule has 0 saturated heterocycles. The number of esters is 1. The second kappa shape index (κ2) is 5.18. The molecule has 0 unspecified atom stereocenters. The minimum Gasteiger partial charge on any atom is -0.461 e. The first-order valence-corrected chi connectivity index (χ1v) is 5.68. The molecule has 18 heavy (non-hydrogen) atoms. The van der Waals surface area contributed by atoms with Crippen molar-refractivity contribution in [3.63, 3.8) is 0 Å².